The van der Waals surface area contributed by atoms with Crippen molar-refractivity contribution in [2.75, 3.05) is 46.6 Å². The Labute approximate surface area is 89.5 Å². The first-order chi connectivity index (χ1) is 6.80. The van der Waals surface area contributed by atoms with Crippen LogP contribution in [-0.2, 0) is 0 Å². The molecule has 4 bridgehead atoms. The van der Waals surface area contributed by atoms with Crippen molar-refractivity contribution in [1.29, 1.82) is 0 Å². The zero-order chi connectivity index (χ0) is 9.60. The van der Waals surface area contributed by atoms with Gasteiger partial charge in [0.1, 0.15) is 26.6 Å². The van der Waals surface area contributed by atoms with Crippen LogP contribution in [0, 0.1) is 0 Å². The van der Waals surface area contributed by atoms with Crippen LogP contribution in [0.15, 0.2) is 11.6 Å². The quantitative estimate of drug-likeness (QED) is 0.612. The Morgan fingerprint density at radius 2 is 1.50 bits per heavy atom. The van der Waals surface area contributed by atoms with Crippen molar-refractivity contribution in [2.24, 2.45) is 0 Å². The van der Waals surface area contributed by atoms with E-state index in [0.717, 1.165) is 31.0 Å². The second-order valence-corrected chi connectivity index (χ2v) is 5.00. The molecule has 4 aliphatic rings. The second-order valence-electron chi connectivity index (χ2n) is 4.75. The fourth-order valence-electron chi connectivity index (χ4n) is 3.09. The maximum Gasteiger partial charge on any atom is 0.139 e. The van der Waals surface area contributed by atoms with Crippen LogP contribution in [0.25, 0.3) is 0 Å². The predicted molar refractivity (Wildman–Crippen MR) is 54.8 cm³/mol. The smallest absolute Gasteiger partial charge is 0.139 e. The van der Waals surface area contributed by atoms with Crippen molar-refractivity contribution in [3.05, 3.63) is 11.6 Å². The SMILES string of the molecule is Cl/C=C\C[N+]12CN3CN(CN(C3)C1)C2. The van der Waals surface area contributed by atoms with Crippen molar-refractivity contribution in [3.63, 3.8) is 0 Å². The van der Waals surface area contributed by atoms with Crippen LogP contribution in [0.2, 0.25) is 0 Å². The molecule has 0 unspecified atom stereocenters. The molecule has 0 radical (unpaired) electrons. The summed E-state index contributed by atoms with van der Waals surface area (Å²) in [7, 11) is 0. The monoisotopic (exact) mass is 215 g/mol. The fraction of sp³-hybridized carbons (Fsp3) is 0.778. The van der Waals surface area contributed by atoms with Gasteiger partial charge in [0.05, 0.1) is 20.0 Å². The number of rotatable bonds is 2. The molecule has 0 aromatic rings. The van der Waals surface area contributed by atoms with Crippen molar-refractivity contribution >= 4 is 11.6 Å². The van der Waals surface area contributed by atoms with Crippen LogP contribution in [0.4, 0.5) is 0 Å². The van der Waals surface area contributed by atoms with E-state index in [1.165, 1.54) is 20.0 Å². The van der Waals surface area contributed by atoms with E-state index in [1.807, 2.05) is 0 Å². The van der Waals surface area contributed by atoms with Gasteiger partial charge in [-0.1, -0.05) is 11.6 Å². The molecule has 78 valence electrons. The average molecular weight is 216 g/mol. The third kappa shape index (κ3) is 1.38. The molecule has 4 saturated heterocycles. The molecule has 4 aliphatic heterocycles. The molecule has 0 spiro atoms. The number of halogens is 1. The van der Waals surface area contributed by atoms with Gasteiger partial charge >= 0.3 is 0 Å². The maximum atomic E-state index is 5.61. The molecule has 5 heteroatoms. The molecule has 0 saturated carbocycles. The van der Waals surface area contributed by atoms with Crippen LogP contribution in [0.5, 0.6) is 0 Å². The molecule has 4 heterocycles. The van der Waals surface area contributed by atoms with Gasteiger partial charge in [-0.25, -0.2) is 14.7 Å². The fourth-order valence-corrected chi connectivity index (χ4v) is 3.17. The van der Waals surface area contributed by atoms with Gasteiger partial charge in [-0.05, 0) is 6.08 Å². The Hall–Kier alpha value is -0.130. The summed E-state index contributed by atoms with van der Waals surface area (Å²) >= 11 is 5.61. The standard InChI is InChI=1S/C9H16ClN4/c10-2-1-3-14-7-11-4-12(8-14)6-13(5-11)9-14/h1-2H,3-9H2/q+1/b2-1-. The topological polar surface area (TPSA) is 9.72 Å². The minimum absolute atomic E-state index is 1.06. The first kappa shape index (κ1) is 9.12. The van der Waals surface area contributed by atoms with Crippen molar-refractivity contribution in [3.8, 4) is 0 Å². The molecule has 0 aromatic heterocycles. The molecule has 4 nitrogen and oxygen atoms in total. The minimum atomic E-state index is 1.06. The first-order valence-electron chi connectivity index (χ1n) is 5.07. The zero-order valence-corrected chi connectivity index (χ0v) is 9.03. The highest BCUT2D eigenvalue weighted by atomic mass is 35.5. The van der Waals surface area contributed by atoms with E-state index >= 15 is 0 Å². The zero-order valence-electron chi connectivity index (χ0n) is 8.27. The van der Waals surface area contributed by atoms with E-state index in [-0.39, 0.29) is 0 Å². The van der Waals surface area contributed by atoms with Crippen molar-refractivity contribution in [1.82, 2.24) is 14.7 Å². The lowest BCUT2D eigenvalue weighted by molar-refractivity contribution is -0.975. The summed E-state index contributed by atoms with van der Waals surface area (Å²) in [6.45, 7) is 8.09. The largest absolute Gasteiger partial charge is 0.283 e. The van der Waals surface area contributed by atoms with E-state index in [0.29, 0.717) is 0 Å². The number of quaternary nitrogens is 1. The normalized spacial score (nSPS) is 50.5. The number of nitrogens with zero attached hydrogens (tertiary/aromatic N) is 4. The van der Waals surface area contributed by atoms with E-state index < -0.39 is 0 Å². The van der Waals surface area contributed by atoms with E-state index in [4.69, 9.17) is 11.6 Å². The van der Waals surface area contributed by atoms with Crippen LogP contribution in [-0.4, -0.2) is 65.7 Å². The molecule has 0 aliphatic carbocycles. The summed E-state index contributed by atoms with van der Waals surface area (Å²) in [6.07, 6.45) is 2.08. The second kappa shape index (κ2) is 3.18. The molecule has 0 aromatic carbocycles. The lowest BCUT2D eigenvalue weighted by Gasteiger charge is -2.60. The third-order valence-corrected chi connectivity index (χ3v) is 3.46. The summed E-state index contributed by atoms with van der Waals surface area (Å²) in [6, 6.07) is 0. The highest BCUT2D eigenvalue weighted by Crippen LogP contribution is 2.28. The highest BCUT2D eigenvalue weighted by molar-refractivity contribution is 6.25. The molecular weight excluding hydrogens is 200 g/mol. The third-order valence-electron chi connectivity index (χ3n) is 3.28. The molecule has 0 N–H and O–H groups in total. The Morgan fingerprint density at radius 3 is 1.93 bits per heavy atom. The predicted octanol–water partition coefficient (Wildman–Crippen LogP) is 0.248. The van der Waals surface area contributed by atoms with Gasteiger partial charge in [0.15, 0.2) is 0 Å². The van der Waals surface area contributed by atoms with E-state index in [1.54, 1.807) is 5.54 Å². The summed E-state index contributed by atoms with van der Waals surface area (Å²) in [4.78, 5) is 7.54. The Balaban J connectivity index is 1.80. The van der Waals surface area contributed by atoms with Gasteiger partial charge in [0.2, 0.25) is 0 Å². The van der Waals surface area contributed by atoms with E-state index in [2.05, 4.69) is 20.8 Å². The van der Waals surface area contributed by atoms with Crippen LogP contribution in [0.1, 0.15) is 0 Å². The highest BCUT2D eigenvalue weighted by Gasteiger charge is 2.47. The van der Waals surface area contributed by atoms with Crippen molar-refractivity contribution < 1.29 is 4.48 Å². The van der Waals surface area contributed by atoms with Crippen LogP contribution < -0.4 is 0 Å². The lowest BCUT2D eigenvalue weighted by atomic mass is 10.3. The van der Waals surface area contributed by atoms with Crippen molar-refractivity contribution in [2.45, 2.75) is 0 Å². The number of hydrogen-bond acceptors (Lipinski definition) is 3. The summed E-state index contributed by atoms with van der Waals surface area (Å²) in [5.74, 6) is 0. The molecule has 4 fully saturated rings. The summed E-state index contributed by atoms with van der Waals surface area (Å²) < 4.78 is 1.14. The van der Waals surface area contributed by atoms with Crippen LogP contribution >= 0.6 is 11.6 Å². The summed E-state index contributed by atoms with van der Waals surface area (Å²) in [5.41, 5.74) is 1.65. The molecule has 0 atom stereocenters. The van der Waals surface area contributed by atoms with E-state index in [9.17, 15) is 0 Å². The molecule has 4 rings (SSSR count). The molecule has 14 heavy (non-hydrogen) atoms. The Bertz CT molecular complexity index is 230. The lowest BCUT2D eigenvalue weighted by Crippen LogP contribution is -2.79. The van der Waals surface area contributed by atoms with Gasteiger partial charge in [0.25, 0.3) is 0 Å². The number of hydrogen-bond donors (Lipinski definition) is 0. The minimum Gasteiger partial charge on any atom is -0.283 e. The summed E-state index contributed by atoms with van der Waals surface area (Å²) in [5, 5.41) is 0. The Morgan fingerprint density at radius 1 is 1.00 bits per heavy atom. The van der Waals surface area contributed by atoms with Gasteiger partial charge in [-0.15, -0.1) is 0 Å². The molecule has 0 amide bonds. The maximum absolute atomic E-state index is 5.61. The molecular formula is C9H16ClN4+. The first-order valence-corrected chi connectivity index (χ1v) is 5.51. The Kier molecular flexibility index (Phi) is 2.07. The van der Waals surface area contributed by atoms with Gasteiger partial charge in [-0.2, -0.15) is 0 Å². The van der Waals surface area contributed by atoms with Gasteiger partial charge in [0, 0.05) is 5.54 Å². The van der Waals surface area contributed by atoms with Crippen LogP contribution in [0.3, 0.4) is 0 Å². The van der Waals surface area contributed by atoms with Gasteiger partial charge in [-0.3, -0.25) is 4.48 Å². The van der Waals surface area contributed by atoms with Gasteiger partial charge < -0.3 is 0 Å². The average Bonchev–Trinajstić information content (AvgIpc) is 2.12.